The van der Waals surface area contributed by atoms with E-state index >= 15 is 0 Å². The number of aromatic nitrogens is 2. The second kappa shape index (κ2) is 6.95. The average Bonchev–Trinajstić information content (AvgIpc) is 2.71. The Balaban J connectivity index is 1.73. The molecular formula is C20H22N4O4. The number of anilines is 2. The molecule has 146 valence electrons. The van der Waals surface area contributed by atoms with Crippen molar-refractivity contribution in [1.29, 1.82) is 0 Å². The summed E-state index contributed by atoms with van der Waals surface area (Å²) in [6.07, 6.45) is 0.764. The molecule has 0 atom stereocenters. The highest BCUT2D eigenvalue weighted by molar-refractivity contribution is 5.91. The number of methoxy groups -OCH3 is 3. The second-order valence-electron chi connectivity index (χ2n) is 6.60. The van der Waals surface area contributed by atoms with Gasteiger partial charge in [0.2, 0.25) is 5.95 Å². The van der Waals surface area contributed by atoms with Crippen molar-refractivity contribution in [3.8, 4) is 23.0 Å². The number of phenols is 1. The van der Waals surface area contributed by atoms with Gasteiger partial charge in [-0.2, -0.15) is 4.98 Å². The minimum Gasteiger partial charge on any atom is -0.504 e. The molecule has 0 saturated heterocycles. The molecule has 8 nitrogen and oxygen atoms in total. The maximum Gasteiger partial charge on any atom is 0.228 e. The Hall–Kier alpha value is -3.42. The van der Waals surface area contributed by atoms with Crippen LogP contribution in [-0.2, 0) is 13.0 Å². The van der Waals surface area contributed by atoms with Crippen LogP contribution in [0.1, 0.15) is 11.1 Å². The zero-order chi connectivity index (χ0) is 19.8. The summed E-state index contributed by atoms with van der Waals surface area (Å²) < 4.78 is 15.9. The SMILES string of the molecule is COc1cc2c(cc1O)CCN(c1nc(N)c3cc(OC)c(OC)cc3n1)C2. The summed E-state index contributed by atoms with van der Waals surface area (Å²) >= 11 is 0. The number of rotatable bonds is 4. The highest BCUT2D eigenvalue weighted by atomic mass is 16.5. The third kappa shape index (κ3) is 2.96. The van der Waals surface area contributed by atoms with Crippen molar-refractivity contribution in [3.05, 3.63) is 35.4 Å². The maximum atomic E-state index is 9.99. The van der Waals surface area contributed by atoms with Gasteiger partial charge in [-0.1, -0.05) is 0 Å². The molecule has 8 heteroatoms. The molecule has 0 amide bonds. The van der Waals surface area contributed by atoms with Crippen LogP contribution in [0.3, 0.4) is 0 Å². The first-order valence-electron chi connectivity index (χ1n) is 8.87. The lowest BCUT2D eigenvalue weighted by Gasteiger charge is -2.29. The normalized spacial score (nSPS) is 13.3. The minimum atomic E-state index is 0.155. The Morgan fingerprint density at radius 3 is 2.36 bits per heavy atom. The van der Waals surface area contributed by atoms with Crippen LogP contribution in [0.4, 0.5) is 11.8 Å². The molecular weight excluding hydrogens is 360 g/mol. The van der Waals surface area contributed by atoms with E-state index in [-0.39, 0.29) is 5.75 Å². The van der Waals surface area contributed by atoms with Gasteiger partial charge in [0.25, 0.3) is 0 Å². The average molecular weight is 382 g/mol. The summed E-state index contributed by atoms with van der Waals surface area (Å²) in [5, 5.41) is 10.7. The van der Waals surface area contributed by atoms with Gasteiger partial charge in [-0.25, -0.2) is 4.98 Å². The third-order valence-corrected chi connectivity index (χ3v) is 5.01. The molecule has 0 saturated carbocycles. The summed E-state index contributed by atoms with van der Waals surface area (Å²) in [5.41, 5.74) is 9.06. The monoisotopic (exact) mass is 382 g/mol. The fourth-order valence-electron chi connectivity index (χ4n) is 3.52. The summed E-state index contributed by atoms with van der Waals surface area (Å²) in [6.45, 7) is 1.32. The number of aromatic hydroxyl groups is 1. The Morgan fingerprint density at radius 1 is 0.929 bits per heavy atom. The smallest absolute Gasteiger partial charge is 0.228 e. The van der Waals surface area contributed by atoms with Gasteiger partial charge < -0.3 is 30.0 Å². The van der Waals surface area contributed by atoms with E-state index in [1.165, 1.54) is 7.11 Å². The lowest BCUT2D eigenvalue weighted by Crippen LogP contribution is -2.32. The fraction of sp³-hybridized carbons (Fsp3) is 0.300. The van der Waals surface area contributed by atoms with Gasteiger partial charge in [-0.3, -0.25) is 0 Å². The van der Waals surface area contributed by atoms with Gasteiger partial charge in [-0.05, 0) is 35.7 Å². The first-order valence-corrected chi connectivity index (χ1v) is 8.87. The van der Waals surface area contributed by atoms with Crippen molar-refractivity contribution >= 4 is 22.7 Å². The number of benzene rings is 2. The van der Waals surface area contributed by atoms with Gasteiger partial charge in [0.05, 0.1) is 26.8 Å². The van der Waals surface area contributed by atoms with Crippen LogP contribution in [0.5, 0.6) is 23.0 Å². The van der Waals surface area contributed by atoms with E-state index < -0.39 is 0 Å². The van der Waals surface area contributed by atoms with Crippen LogP contribution in [0.25, 0.3) is 10.9 Å². The van der Waals surface area contributed by atoms with E-state index in [9.17, 15) is 5.11 Å². The van der Waals surface area contributed by atoms with Crippen molar-refractivity contribution in [2.45, 2.75) is 13.0 Å². The number of nitrogens with zero attached hydrogens (tertiary/aromatic N) is 3. The molecule has 0 bridgehead atoms. The number of nitrogens with two attached hydrogens (primary N) is 1. The lowest BCUT2D eigenvalue weighted by molar-refractivity contribution is 0.356. The minimum absolute atomic E-state index is 0.155. The van der Waals surface area contributed by atoms with Crippen LogP contribution in [0.15, 0.2) is 24.3 Å². The molecule has 3 N–H and O–H groups in total. The molecule has 0 spiro atoms. The van der Waals surface area contributed by atoms with Crippen LogP contribution < -0.4 is 24.8 Å². The molecule has 3 aromatic rings. The number of fused-ring (bicyclic) bond motifs is 2. The number of nitrogen functional groups attached to an aromatic ring is 1. The predicted molar refractivity (Wildman–Crippen MR) is 106 cm³/mol. The zero-order valence-electron chi connectivity index (χ0n) is 16.0. The molecule has 0 aliphatic carbocycles. The van der Waals surface area contributed by atoms with E-state index in [4.69, 9.17) is 24.9 Å². The number of hydrogen-bond acceptors (Lipinski definition) is 8. The fourth-order valence-corrected chi connectivity index (χ4v) is 3.52. The molecule has 2 aromatic carbocycles. The molecule has 2 heterocycles. The molecule has 0 fully saturated rings. The van der Waals surface area contributed by atoms with Crippen molar-refractivity contribution in [3.63, 3.8) is 0 Å². The van der Waals surface area contributed by atoms with Crippen LogP contribution in [-0.4, -0.2) is 42.9 Å². The standard InChI is InChI=1S/C20H22N4O4/c1-26-16-7-12-10-24(5-4-11(12)6-15(16)25)20-22-14-9-18(28-3)17(27-2)8-13(14)19(21)23-20/h6-9,25H,4-5,10H2,1-3H3,(H2,21,22,23). The largest absolute Gasteiger partial charge is 0.504 e. The quantitative estimate of drug-likeness (QED) is 0.709. The Bertz CT molecular complexity index is 1050. The number of phenolic OH excluding ortho intramolecular Hbond substituents is 1. The zero-order valence-corrected chi connectivity index (χ0v) is 16.0. The van der Waals surface area contributed by atoms with Crippen LogP contribution in [0, 0.1) is 0 Å². The predicted octanol–water partition coefficient (Wildman–Crippen LogP) is 2.51. The lowest BCUT2D eigenvalue weighted by atomic mass is 9.99. The first kappa shape index (κ1) is 18.0. The Morgan fingerprint density at radius 2 is 1.64 bits per heavy atom. The van der Waals surface area contributed by atoms with E-state index in [0.717, 1.165) is 24.1 Å². The van der Waals surface area contributed by atoms with E-state index in [2.05, 4.69) is 9.88 Å². The first-order chi connectivity index (χ1) is 13.5. The summed E-state index contributed by atoms with van der Waals surface area (Å²) in [5.74, 6) is 2.71. The molecule has 1 aliphatic heterocycles. The van der Waals surface area contributed by atoms with Crippen LogP contribution in [0.2, 0.25) is 0 Å². The van der Waals surface area contributed by atoms with E-state index in [0.29, 0.717) is 46.5 Å². The highest BCUT2D eigenvalue weighted by Crippen LogP contribution is 2.36. The van der Waals surface area contributed by atoms with Crippen molar-refractivity contribution < 1.29 is 19.3 Å². The van der Waals surface area contributed by atoms with Crippen molar-refractivity contribution in [2.75, 3.05) is 38.5 Å². The third-order valence-electron chi connectivity index (χ3n) is 5.01. The molecule has 1 aromatic heterocycles. The van der Waals surface area contributed by atoms with Gasteiger partial charge in [0, 0.05) is 24.5 Å². The molecule has 4 rings (SSSR count). The van der Waals surface area contributed by atoms with Gasteiger partial charge >= 0.3 is 0 Å². The van der Waals surface area contributed by atoms with Gasteiger partial charge in [0.15, 0.2) is 23.0 Å². The molecule has 28 heavy (non-hydrogen) atoms. The Labute approximate surface area is 162 Å². The van der Waals surface area contributed by atoms with Gasteiger partial charge in [-0.15, -0.1) is 0 Å². The van der Waals surface area contributed by atoms with E-state index in [1.54, 1.807) is 32.4 Å². The molecule has 0 unspecified atom stereocenters. The maximum absolute atomic E-state index is 9.99. The summed E-state index contributed by atoms with van der Waals surface area (Å²) in [4.78, 5) is 11.3. The molecule has 0 radical (unpaired) electrons. The topological polar surface area (TPSA) is 103 Å². The van der Waals surface area contributed by atoms with Crippen molar-refractivity contribution in [2.24, 2.45) is 0 Å². The summed E-state index contributed by atoms with van der Waals surface area (Å²) in [7, 11) is 4.70. The number of ether oxygens (including phenoxy) is 3. The molecule has 1 aliphatic rings. The van der Waals surface area contributed by atoms with Crippen molar-refractivity contribution in [1.82, 2.24) is 9.97 Å². The van der Waals surface area contributed by atoms with E-state index in [1.807, 2.05) is 6.07 Å². The van der Waals surface area contributed by atoms with Gasteiger partial charge in [0.1, 0.15) is 5.82 Å². The number of hydrogen-bond donors (Lipinski definition) is 2. The highest BCUT2D eigenvalue weighted by Gasteiger charge is 2.22. The van der Waals surface area contributed by atoms with Crippen LogP contribution >= 0.6 is 0 Å². The second-order valence-corrected chi connectivity index (χ2v) is 6.60. The summed E-state index contributed by atoms with van der Waals surface area (Å²) in [6, 6.07) is 7.20. The Kier molecular flexibility index (Phi) is 4.46.